The number of rotatable bonds is 3. The monoisotopic (exact) mass is 252 g/mol. The zero-order chi connectivity index (χ0) is 14.0. The summed E-state index contributed by atoms with van der Waals surface area (Å²) in [7, 11) is 0. The van der Waals surface area contributed by atoms with Crippen molar-refractivity contribution in [3.05, 3.63) is 12.3 Å². The molecule has 106 valence electrons. The first-order valence-electron chi connectivity index (χ1n) is 7.34. The fraction of sp³-hybridized carbons (Fsp3) is 0.875. The highest BCUT2D eigenvalue weighted by atomic mass is 15.2. The van der Waals surface area contributed by atoms with Gasteiger partial charge in [0.1, 0.15) is 0 Å². The Hall–Kier alpha value is -0.500. The number of likely N-dealkylation sites (tertiary alicyclic amines) is 1. The molecule has 2 N–H and O–H groups in total. The van der Waals surface area contributed by atoms with Crippen LogP contribution in [0, 0.1) is 5.41 Å². The van der Waals surface area contributed by atoms with Gasteiger partial charge in [-0.3, -0.25) is 0 Å². The summed E-state index contributed by atoms with van der Waals surface area (Å²) in [4.78, 5) is 2.54. The van der Waals surface area contributed by atoms with Crippen molar-refractivity contribution >= 4 is 0 Å². The highest BCUT2D eigenvalue weighted by Crippen LogP contribution is 2.34. The Kier molecular flexibility index (Phi) is 4.88. The van der Waals surface area contributed by atoms with Gasteiger partial charge in [-0.05, 0) is 44.9 Å². The minimum absolute atomic E-state index is 0.121. The van der Waals surface area contributed by atoms with Crippen molar-refractivity contribution in [1.29, 1.82) is 0 Å². The third kappa shape index (κ3) is 4.64. The maximum absolute atomic E-state index is 6.27. The molecule has 1 unspecified atom stereocenters. The number of allylic oxidation sites excluding steroid dienone is 1. The first kappa shape index (κ1) is 15.6. The molecule has 1 atom stereocenters. The van der Waals surface area contributed by atoms with Gasteiger partial charge < -0.3 is 10.6 Å². The highest BCUT2D eigenvalue weighted by molar-refractivity contribution is 5.03. The van der Waals surface area contributed by atoms with E-state index in [4.69, 9.17) is 5.73 Å². The molecule has 0 aromatic rings. The number of nitrogens with zero attached hydrogens (tertiary/aromatic N) is 1. The molecule has 1 aliphatic rings. The maximum Gasteiger partial charge on any atom is 0.0352 e. The van der Waals surface area contributed by atoms with Gasteiger partial charge in [0.15, 0.2) is 0 Å². The Morgan fingerprint density at radius 1 is 1.17 bits per heavy atom. The van der Waals surface area contributed by atoms with Gasteiger partial charge in [-0.25, -0.2) is 0 Å². The molecule has 1 saturated heterocycles. The zero-order valence-electron chi connectivity index (χ0n) is 13.1. The number of hydrogen-bond donors (Lipinski definition) is 1. The second-order valence-electron chi connectivity index (χ2n) is 7.64. The largest absolute Gasteiger partial charge is 0.372 e. The van der Waals surface area contributed by atoms with E-state index in [0.29, 0.717) is 6.04 Å². The molecule has 0 spiro atoms. The Morgan fingerprint density at radius 2 is 1.78 bits per heavy atom. The molecule has 0 aromatic heterocycles. The summed E-state index contributed by atoms with van der Waals surface area (Å²) in [5.41, 5.74) is 7.70. The van der Waals surface area contributed by atoms with E-state index in [1.807, 2.05) is 0 Å². The van der Waals surface area contributed by atoms with E-state index < -0.39 is 0 Å². The standard InChI is InChI=1S/C16H32N2/c1-13-10-8-7-9-11-18(13)14(15(2,3)4)12-16(5,6)17/h14H,1,7-12,17H2,2-6H3. The van der Waals surface area contributed by atoms with Crippen molar-refractivity contribution in [2.45, 2.75) is 78.3 Å². The Labute approximate surface area is 114 Å². The lowest BCUT2D eigenvalue weighted by atomic mass is 9.78. The fourth-order valence-electron chi connectivity index (χ4n) is 2.85. The first-order chi connectivity index (χ1) is 8.11. The van der Waals surface area contributed by atoms with Crippen LogP contribution in [-0.2, 0) is 0 Å². The molecule has 0 saturated carbocycles. The second-order valence-corrected chi connectivity index (χ2v) is 7.64. The summed E-state index contributed by atoms with van der Waals surface area (Å²) < 4.78 is 0. The molecule has 0 aliphatic carbocycles. The molecule has 18 heavy (non-hydrogen) atoms. The summed E-state index contributed by atoms with van der Waals surface area (Å²) in [5.74, 6) is 0. The summed E-state index contributed by atoms with van der Waals surface area (Å²) in [5, 5.41) is 0. The summed E-state index contributed by atoms with van der Waals surface area (Å²) in [6, 6.07) is 0.489. The molecule has 2 nitrogen and oxygen atoms in total. The van der Waals surface area contributed by atoms with Gasteiger partial charge in [-0.15, -0.1) is 0 Å². The molecular weight excluding hydrogens is 220 g/mol. The van der Waals surface area contributed by atoms with Crippen LogP contribution in [0.4, 0.5) is 0 Å². The smallest absolute Gasteiger partial charge is 0.0352 e. The van der Waals surface area contributed by atoms with Crippen molar-refractivity contribution in [3.63, 3.8) is 0 Å². The van der Waals surface area contributed by atoms with Crippen LogP contribution in [0.3, 0.4) is 0 Å². The summed E-state index contributed by atoms with van der Waals surface area (Å²) >= 11 is 0. The lowest BCUT2D eigenvalue weighted by Gasteiger charge is -2.45. The van der Waals surface area contributed by atoms with Crippen molar-refractivity contribution in [2.75, 3.05) is 6.54 Å². The van der Waals surface area contributed by atoms with E-state index in [1.165, 1.54) is 25.0 Å². The molecule has 2 heteroatoms. The Balaban J connectivity index is 2.90. The van der Waals surface area contributed by atoms with Gasteiger partial charge in [-0.1, -0.05) is 33.8 Å². The van der Waals surface area contributed by atoms with Crippen molar-refractivity contribution < 1.29 is 0 Å². The van der Waals surface area contributed by atoms with E-state index in [9.17, 15) is 0 Å². The van der Waals surface area contributed by atoms with E-state index in [2.05, 4.69) is 46.1 Å². The second kappa shape index (κ2) is 5.64. The van der Waals surface area contributed by atoms with Crippen LogP contribution < -0.4 is 5.73 Å². The van der Waals surface area contributed by atoms with E-state index in [-0.39, 0.29) is 11.0 Å². The van der Waals surface area contributed by atoms with E-state index in [1.54, 1.807) is 0 Å². The summed E-state index contributed by atoms with van der Waals surface area (Å²) in [6.07, 6.45) is 6.08. The van der Waals surface area contributed by atoms with Crippen LogP contribution in [0.15, 0.2) is 12.3 Å². The minimum Gasteiger partial charge on any atom is -0.372 e. The summed E-state index contributed by atoms with van der Waals surface area (Å²) in [6.45, 7) is 16.7. The lowest BCUT2D eigenvalue weighted by molar-refractivity contribution is 0.105. The molecule has 1 heterocycles. The van der Waals surface area contributed by atoms with E-state index in [0.717, 1.165) is 19.4 Å². The molecule has 0 bridgehead atoms. The molecule has 0 radical (unpaired) electrons. The number of nitrogens with two attached hydrogens (primary N) is 1. The fourth-order valence-corrected chi connectivity index (χ4v) is 2.85. The number of hydrogen-bond acceptors (Lipinski definition) is 2. The quantitative estimate of drug-likeness (QED) is 0.825. The van der Waals surface area contributed by atoms with Gasteiger partial charge in [-0.2, -0.15) is 0 Å². The van der Waals surface area contributed by atoms with Crippen LogP contribution in [0.5, 0.6) is 0 Å². The predicted molar refractivity (Wildman–Crippen MR) is 80.4 cm³/mol. The van der Waals surface area contributed by atoms with Gasteiger partial charge >= 0.3 is 0 Å². The SMILES string of the molecule is C=C1CCCCCN1C(CC(C)(C)N)C(C)(C)C. The molecule has 1 fully saturated rings. The third-order valence-electron chi connectivity index (χ3n) is 3.87. The predicted octanol–water partition coefficient (Wildman–Crippen LogP) is 3.92. The van der Waals surface area contributed by atoms with Crippen LogP contribution in [0.2, 0.25) is 0 Å². The molecule has 0 aromatic carbocycles. The van der Waals surface area contributed by atoms with Gasteiger partial charge in [0.2, 0.25) is 0 Å². The van der Waals surface area contributed by atoms with Gasteiger partial charge in [0.05, 0.1) is 0 Å². The maximum atomic E-state index is 6.27. The van der Waals surface area contributed by atoms with E-state index >= 15 is 0 Å². The molecule has 1 rings (SSSR count). The Morgan fingerprint density at radius 3 is 2.28 bits per heavy atom. The van der Waals surface area contributed by atoms with Crippen LogP contribution in [-0.4, -0.2) is 23.0 Å². The molecule has 0 amide bonds. The van der Waals surface area contributed by atoms with Crippen molar-refractivity contribution in [3.8, 4) is 0 Å². The van der Waals surface area contributed by atoms with Crippen LogP contribution in [0.1, 0.15) is 66.7 Å². The van der Waals surface area contributed by atoms with Crippen molar-refractivity contribution in [2.24, 2.45) is 11.1 Å². The van der Waals surface area contributed by atoms with Crippen LogP contribution in [0.25, 0.3) is 0 Å². The van der Waals surface area contributed by atoms with Crippen LogP contribution >= 0.6 is 0 Å². The van der Waals surface area contributed by atoms with Gasteiger partial charge in [0.25, 0.3) is 0 Å². The molecule has 1 aliphatic heterocycles. The van der Waals surface area contributed by atoms with Gasteiger partial charge in [0, 0.05) is 23.8 Å². The topological polar surface area (TPSA) is 29.3 Å². The normalized spacial score (nSPS) is 20.8. The third-order valence-corrected chi connectivity index (χ3v) is 3.87. The molecular formula is C16H32N2. The van der Waals surface area contributed by atoms with Crippen molar-refractivity contribution in [1.82, 2.24) is 4.90 Å². The first-order valence-corrected chi connectivity index (χ1v) is 7.34. The zero-order valence-corrected chi connectivity index (χ0v) is 13.1. The average Bonchev–Trinajstić information content (AvgIpc) is 2.36. The highest BCUT2D eigenvalue weighted by Gasteiger charge is 2.34. The average molecular weight is 252 g/mol. The Bertz CT molecular complexity index is 280. The lowest BCUT2D eigenvalue weighted by Crippen LogP contribution is -2.49. The minimum atomic E-state index is -0.121.